The van der Waals surface area contributed by atoms with Gasteiger partial charge < -0.3 is 15.1 Å². The molecule has 0 atom stereocenters. The molecular weight excluding hydrogens is 234 g/mol. The van der Waals surface area contributed by atoms with Gasteiger partial charge in [0.1, 0.15) is 0 Å². The molecule has 2 fully saturated rings. The molecule has 112 valence electrons. The van der Waals surface area contributed by atoms with Gasteiger partial charge in [-0.1, -0.05) is 0 Å². The Balaban J connectivity index is 1.53. The summed E-state index contributed by atoms with van der Waals surface area (Å²) in [5, 5.41) is 3.46. The average Bonchev–Trinajstić information content (AvgIpc) is 2.41. The molecule has 2 aliphatic heterocycles. The molecule has 2 saturated heterocycles. The Morgan fingerprint density at radius 1 is 1.00 bits per heavy atom. The summed E-state index contributed by atoms with van der Waals surface area (Å²) >= 11 is 0. The third kappa shape index (κ3) is 5.80. The van der Waals surface area contributed by atoms with Crippen LogP contribution in [0.2, 0.25) is 0 Å². The molecule has 2 rings (SSSR count). The van der Waals surface area contributed by atoms with E-state index >= 15 is 0 Å². The number of hydrogen-bond acceptors (Lipinski definition) is 3. The summed E-state index contributed by atoms with van der Waals surface area (Å²) in [6.07, 6.45) is 8.51. The van der Waals surface area contributed by atoms with Crippen LogP contribution in [-0.2, 0) is 0 Å². The molecule has 0 spiro atoms. The minimum Gasteiger partial charge on any atom is -0.317 e. The number of nitrogens with zero attached hydrogens (tertiary/aromatic N) is 2. The molecule has 1 N–H and O–H groups in total. The van der Waals surface area contributed by atoms with Crippen molar-refractivity contribution in [2.24, 2.45) is 11.8 Å². The highest BCUT2D eigenvalue weighted by atomic mass is 15.1. The van der Waals surface area contributed by atoms with Crippen molar-refractivity contribution in [1.82, 2.24) is 15.1 Å². The molecule has 0 aromatic rings. The van der Waals surface area contributed by atoms with Crippen molar-refractivity contribution in [3.8, 4) is 0 Å². The third-order valence-electron chi connectivity index (χ3n) is 4.88. The van der Waals surface area contributed by atoms with Crippen LogP contribution in [0.25, 0.3) is 0 Å². The molecular formula is C16H33N3. The first-order valence-corrected chi connectivity index (χ1v) is 8.32. The summed E-state index contributed by atoms with van der Waals surface area (Å²) in [4.78, 5) is 5.05. The number of piperidine rings is 2. The van der Waals surface area contributed by atoms with Crippen LogP contribution in [0.5, 0.6) is 0 Å². The fraction of sp³-hybridized carbons (Fsp3) is 1.00. The largest absolute Gasteiger partial charge is 0.317 e. The molecule has 0 aromatic heterocycles. The molecule has 2 aliphatic rings. The van der Waals surface area contributed by atoms with E-state index in [2.05, 4.69) is 29.2 Å². The van der Waals surface area contributed by atoms with E-state index in [9.17, 15) is 0 Å². The predicted molar refractivity (Wildman–Crippen MR) is 82.5 cm³/mol. The first kappa shape index (κ1) is 15.3. The highest BCUT2D eigenvalue weighted by Gasteiger charge is 2.19. The normalized spacial score (nSPS) is 24.2. The van der Waals surface area contributed by atoms with Crippen molar-refractivity contribution in [3.63, 3.8) is 0 Å². The molecule has 19 heavy (non-hydrogen) atoms. The minimum atomic E-state index is 0.940. The van der Waals surface area contributed by atoms with E-state index in [4.69, 9.17) is 0 Å². The van der Waals surface area contributed by atoms with E-state index < -0.39 is 0 Å². The molecule has 3 nitrogen and oxygen atoms in total. The Labute approximate surface area is 119 Å². The van der Waals surface area contributed by atoms with Crippen LogP contribution in [0.15, 0.2) is 0 Å². The van der Waals surface area contributed by atoms with Gasteiger partial charge in [0.15, 0.2) is 0 Å². The van der Waals surface area contributed by atoms with Crippen molar-refractivity contribution in [2.45, 2.75) is 38.5 Å². The maximum Gasteiger partial charge on any atom is 0.000451 e. The van der Waals surface area contributed by atoms with E-state index in [0.717, 1.165) is 11.8 Å². The molecule has 0 aromatic carbocycles. The molecule has 0 unspecified atom stereocenters. The van der Waals surface area contributed by atoms with Gasteiger partial charge in [-0.05, 0) is 97.2 Å². The second kappa shape index (κ2) is 8.23. The average molecular weight is 267 g/mol. The fourth-order valence-electron chi connectivity index (χ4n) is 3.68. The topological polar surface area (TPSA) is 18.5 Å². The Morgan fingerprint density at radius 3 is 2.32 bits per heavy atom. The second-order valence-electron chi connectivity index (χ2n) is 6.88. The first-order chi connectivity index (χ1) is 9.24. The second-order valence-corrected chi connectivity index (χ2v) is 6.88. The summed E-state index contributed by atoms with van der Waals surface area (Å²) < 4.78 is 0. The lowest BCUT2D eigenvalue weighted by molar-refractivity contribution is 0.157. The molecule has 0 bridgehead atoms. The Kier molecular flexibility index (Phi) is 6.62. The van der Waals surface area contributed by atoms with Gasteiger partial charge in [-0.2, -0.15) is 0 Å². The van der Waals surface area contributed by atoms with E-state index in [-0.39, 0.29) is 0 Å². The van der Waals surface area contributed by atoms with Gasteiger partial charge in [0.05, 0.1) is 0 Å². The van der Waals surface area contributed by atoms with Crippen LogP contribution in [0, 0.1) is 11.8 Å². The lowest BCUT2D eigenvalue weighted by Crippen LogP contribution is -2.37. The zero-order valence-electron chi connectivity index (χ0n) is 13.0. The lowest BCUT2D eigenvalue weighted by atomic mass is 9.92. The van der Waals surface area contributed by atoms with Gasteiger partial charge in [-0.3, -0.25) is 0 Å². The van der Waals surface area contributed by atoms with Gasteiger partial charge in [0.25, 0.3) is 0 Å². The maximum absolute atomic E-state index is 3.46. The minimum absolute atomic E-state index is 0.940. The van der Waals surface area contributed by atoms with E-state index in [1.807, 2.05) is 0 Å². The number of nitrogens with one attached hydrogen (secondary N) is 1. The van der Waals surface area contributed by atoms with Crippen molar-refractivity contribution < 1.29 is 0 Å². The molecule has 0 saturated carbocycles. The highest BCUT2D eigenvalue weighted by Crippen LogP contribution is 2.20. The number of likely N-dealkylation sites (tertiary alicyclic amines) is 1. The van der Waals surface area contributed by atoms with Crippen molar-refractivity contribution in [3.05, 3.63) is 0 Å². The highest BCUT2D eigenvalue weighted by molar-refractivity contribution is 4.75. The van der Waals surface area contributed by atoms with Gasteiger partial charge >= 0.3 is 0 Å². The maximum atomic E-state index is 3.46. The number of hydrogen-bond donors (Lipinski definition) is 1. The standard InChI is InChI=1S/C16H33N3/c1-18(2)14-16-7-12-19(13-8-16)11-3-4-15-5-9-17-10-6-15/h15-17H,3-14H2,1-2H3. The van der Waals surface area contributed by atoms with Gasteiger partial charge in [0, 0.05) is 6.54 Å². The first-order valence-electron chi connectivity index (χ1n) is 8.32. The molecule has 0 aliphatic carbocycles. The Hall–Kier alpha value is -0.120. The summed E-state index contributed by atoms with van der Waals surface area (Å²) in [7, 11) is 4.40. The van der Waals surface area contributed by atoms with E-state index in [1.54, 1.807) is 0 Å². The van der Waals surface area contributed by atoms with Gasteiger partial charge in [0.2, 0.25) is 0 Å². The summed E-state index contributed by atoms with van der Waals surface area (Å²) in [6.45, 7) is 7.80. The summed E-state index contributed by atoms with van der Waals surface area (Å²) in [5.41, 5.74) is 0. The van der Waals surface area contributed by atoms with Crippen molar-refractivity contribution in [2.75, 3.05) is 53.4 Å². The number of rotatable bonds is 6. The molecule has 0 amide bonds. The van der Waals surface area contributed by atoms with Gasteiger partial charge in [-0.15, -0.1) is 0 Å². The lowest BCUT2D eigenvalue weighted by Gasteiger charge is -2.33. The van der Waals surface area contributed by atoms with E-state index in [0.29, 0.717) is 0 Å². The summed E-state index contributed by atoms with van der Waals surface area (Å²) in [6, 6.07) is 0. The summed E-state index contributed by atoms with van der Waals surface area (Å²) in [5.74, 6) is 1.95. The van der Waals surface area contributed by atoms with Gasteiger partial charge in [-0.25, -0.2) is 0 Å². The van der Waals surface area contributed by atoms with E-state index in [1.165, 1.54) is 77.8 Å². The van der Waals surface area contributed by atoms with Crippen molar-refractivity contribution >= 4 is 0 Å². The van der Waals surface area contributed by atoms with Crippen LogP contribution in [0.4, 0.5) is 0 Å². The fourth-order valence-corrected chi connectivity index (χ4v) is 3.68. The molecule has 3 heteroatoms. The van der Waals surface area contributed by atoms with Crippen LogP contribution < -0.4 is 5.32 Å². The van der Waals surface area contributed by atoms with Crippen LogP contribution in [-0.4, -0.2) is 63.2 Å². The predicted octanol–water partition coefficient (Wildman–Crippen LogP) is 2.04. The Morgan fingerprint density at radius 2 is 1.68 bits per heavy atom. The third-order valence-corrected chi connectivity index (χ3v) is 4.88. The SMILES string of the molecule is CN(C)CC1CCN(CCCC2CCNCC2)CC1. The van der Waals surface area contributed by atoms with Crippen LogP contribution in [0.3, 0.4) is 0 Å². The molecule has 0 radical (unpaired) electrons. The van der Waals surface area contributed by atoms with Crippen LogP contribution in [0.1, 0.15) is 38.5 Å². The Bertz CT molecular complexity index is 228. The smallest absolute Gasteiger partial charge is 0.000451 e. The molecule has 2 heterocycles. The van der Waals surface area contributed by atoms with Crippen LogP contribution >= 0.6 is 0 Å². The zero-order chi connectivity index (χ0) is 13.5. The zero-order valence-corrected chi connectivity index (χ0v) is 13.0. The quantitative estimate of drug-likeness (QED) is 0.794. The van der Waals surface area contributed by atoms with Crippen molar-refractivity contribution in [1.29, 1.82) is 0 Å². The monoisotopic (exact) mass is 267 g/mol.